The van der Waals surface area contributed by atoms with Crippen molar-refractivity contribution in [2.45, 2.75) is 91.4 Å². The van der Waals surface area contributed by atoms with Crippen molar-refractivity contribution in [2.75, 3.05) is 20.1 Å². The van der Waals surface area contributed by atoms with Crippen molar-refractivity contribution < 1.29 is 9.59 Å². The zero-order valence-electron chi connectivity index (χ0n) is 17.7. The van der Waals surface area contributed by atoms with Gasteiger partial charge in [-0.15, -0.1) is 0 Å². The number of likely N-dealkylation sites (tertiary alicyclic amines) is 1. The van der Waals surface area contributed by atoms with Gasteiger partial charge in [0.1, 0.15) is 5.78 Å². The summed E-state index contributed by atoms with van der Waals surface area (Å²) in [6, 6.07) is 0. The number of amides is 1. The van der Waals surface area contributed by atoms with E-state index in [1.54, 1.807) is 6.92 Å². The first-order chi connectivity index (χ1) is 12.4. The van der Waals surface area contributed by atoms with Gasteiger partial charge in [0.15, 0.2) is 0 Å². The van der Waals surface area contributed by atoms with E-state index in [9.17, 15) is 9.59 Å². The number of ketones is 1. The number of nitrogens with zero attached hydrogens (tertiary/aromatic N) is 1. The van der Waals surface area contributed by atoms with Crippen molar-refractivity contribution >= 4 is 11.7 Å². The van der Waals surface area contributed by atoms with Gasteiger partial charge in [0, 0.05) is 11.8 Å². The van der Waals surface area contributed by atoms with Gasteiger partial charge in [0.25, 0.3) is 0 Å². The molecule has 2 N–H and O–H groups in total. The molecule has 1 amide bonds. The van der Waals surface area contributed by atoms with Gasteiger partial charge < -0.3 is 10.6 Å². The lowest BCUT2D eigenvalue weighted by Gasteiger charge is -2.44. The molecule has 1 spiro atoms. The summed E-state index contributed by atoms with van der Waals surface area (Å²) in [6.45, 7) is 8.17. The molecule has 0 unspecified atom stereocenters. The highest BCUT2D eigenvalue weighted by Gasteiger charge is 2.38. The van der Waals surface area contributed by atoms with E-state index in [4.69, 9.17) is 5.73 Å². The third kappa shape index (κ3) is 7.38. The third-order valence-corrected chi connectivity index (χ3v) is 6.68. The highest BCUT2D eigenvalue weighted by molar-refractivity contribution is 5.78. The van der Waals surface area contributed by atoms with E-state index in [2.05, 4.69) is 11.9 Å². The molecule has 26 heavy (non-hydrogen) atoms. The van der Waals surface area contributed by atoms with E-state index in [-0.39, 0.29) is 11.8 Å². The summed E-state index contributed by atoms with van der Waals surface area (Å²) >= 11 is 0. The van der Waals surface area contributed by atoms with Crippen LogP contribution in [0.25, 0.3) is 0 Å². The number of hydrogen-bond acceptors (Lipinski definition) is 3. The normalized spacial score (nSPS) is 24.0. The minimum Gasteiger partial charge on any atom is -0.369 e. The standard InChI is InChI=1S/C12H22N2O.C8H14O.C2H6/c1-14-8-6-12(7-9-14)4-2-10(3-5-12)11(13)15;1-7(9)8-5-3-2-4-6-8;1-2/h10H,2-9H2,1H3,(H2,13,15);8H,2-6H2,1H3;1-2H3. The van der Waals surface area contributed by atoms with Gasteiger partial charge >= 0.3 is 0 Å². The van der Waals surface area contributed by atoms with Gasteiger partial charge in [-0.1, -0.05) is 33.1 Å². The van der Waals surface area contributed by atoms with Crippen molar-refractivity contribution in [3.05, 3.63) is 0 Å². The van der Waals surface area contributed by atoms with Crippen molar-refractivity contribution in [3.8, 4) is 0 Å². The molecule has 2 saturated carbocycles. The van der Waals surface area contributed by atoms with Crippen molar-refractivity contribution in [1.29, 1.82) is 0 Å². The topological polar surface area (TPSA) is 63.4 Å². The van der Waals surface area contributed by atoms with Crippen LogP contribution in [0.3, 0.4) is 0 Å². The Kier molecular flexibility index (Phi) is 10.4. The Hall–Kier alpha value is -0.900. The predicted octanol–water partition coefficient (Wildman–Crippen LogP) is 4.56. The van der Waals surface area contributed by atoms with E-state index < -0.39 is 0 Å². The number of primary amides is 1. The van der Waals surface area contributed by atoms with E-state index in [0.717, 1.165) is 25.7 Å². The fourth-order valence-electron chi connectivity index (χ4n) is 4.62. The van der Waals surface area contributed by atoms with Crippen molar-refractivity contribution in [2.24, 2.45) is 23.0 Å². The van der Waals surface area contributed by atoms with Gasteiger partial charge in [-0.05, 0) is 83.8 Å². The molecule has 0 atom stereocenters. The summed E-state index contributed by atoms with van der Waals surface area (Å²) < 4.78 is 0. The molecule has 0 aromatic carbocycles. The Labute approximate surface area is 161 Å². The molecule has 1 saturated heterocycles. The molecule has 4 heteroatoms. The van der Waals surface area contributed by atoms with Crippen LogP contribution >= 0.6 is 0 Å². The average Bonchev–Trinajstić information content (AvgIpc) is 2.67. The largest absolute Gasteiger partial charge is 0.369 e. The first-order valence-corrected chi connectivity index (χ1v) is 10.9. The summed E-state index contributed by atoms with van der Waals surface area (Å²) in [7, 11) is 2.20. The number of hydrogen-bond donors (Lipinski definition) is 1. The lowest BCUT2D eigenvalue weighted by atomic mass is 9.65. The quantitative estimate of drug-likeness (QED) is 0.779. The van der Waals surface area contributed by atoms with Crippen LogP contribution in [0.5, 0.6) is 0 Å². The predicted molar refractivity (Wildman–Crippen MR) is 109 cm³/mol. The molecule has 3 fully saturated rings. The van der Waals surface area contributed by atoms with E-state index >= 15 is 0 Å². The molecule has 0 aromatic rings. The van der Waals surface area contributed by atoms with Gasteiger partial charge in [-0.3, -0.25) is 9.59 Å². The number of Topliss-reactive ketones (excluding diaryl/α,β-unsaturated/α-hetero) is 1. The second kappa shape index (κ2) is 11.7. The number of carbonyl (C=O) groups excluding carboxylic acids is 2. The molecule has 0 radical (unpaired) electrons. The summed E-state index contributed by atoms with van der Waals surface area (Å²) in [4.78, 5) is 24.3. The van der Waals surface area contributed by atoms with E-state index in [0.29, 0.717) is 17.1 Å². The number of nitrogens with two attached hydrogens (primary N) is 1. The van der Waals surface area contributed by atoms with Crippen LogP contribution in [-0.2, 0) is 9.59 Å². The van der Waals surface area contributed by atoms with Crippen LogP contribution in [0.2, 0.25) is 0 Å². The monoisotopic (exact) mass is 366 g/mol. The average molecular weight is 367 g/mol. The number of carbonyl (C=O) groups is 2. The molecular weight excluding hydrogens is 324 g/mol. The van der Waals surface area contributed by atoms with Gasteiger partial charge in [0.2, 0.25) is 5.91 Å². The fourth-order valence-corrected chi connectivity index (χ4v) is 4.62. The third-order valence-electron chi connectivity index (χ3n) is 6.68. The Bertz CT molecular complexity index is 412. The molecule has 2 aliphatic carbocycles. The van der Waals surface area contributed by atoms with Crippen molar-refractivity contribution in [1.82, 2.24) is 4.90 Å². The Balaban J connectivity index is 0.000000263. The lowest BCUT2D eigenvalue weighted by Crippen LogP contribution is -2.41. The van der Waals surface area contributed by atoms with Crippen LogP contribution in [-0.4, -0.2) is 36.7 Å². The summed E-state index contributed by atoms with van der Waals surface area (Å²) in [5, 5.41) is 0. The van der Waals surface area contributed by atoms with Crippen LogP contribution in [0.4, 0.5) is 0 Å². The second-order valence-electron chi connectivity index (χ2n) is 8.43. The van der Waals surface area contributed by atoms with Crippen LogP contribution in [0.15, 0.2) is 0 Å². The molecule has 3 aliphatic rings. The SMILES string of the molecule is CC.CC(=O)C1CCCCC1.CN1CCC2(CCC(C(N)=O)CC2)CC1. The molecule has 1 aliphatic heterocycles. The fraction of sp³-hybridized carbons (Fsp3) is 0.909. The first kappa shape index (κ1) is 23.1. The lowest BCUT2D eigenvalue weighted by molar-refractivity contribution is -0.124. The summed E-state index contributed by atoms with van der Waals surface area (Å²) in [5.41, 5.74) is 5.91. The summed E-state index contributed by atoms with van der Waals surface area (Å²) in [5.74, 6) is 0.890. The zero-order chi connectivity index (χ0) is 19.6. The maximum absolute atomic E-state index is 11.1. The first-order valence-electron chi connectivity index (χ1n) is 10.9. The number of piperidine rings is 1. The smallest absolute Gasteiger partial charge is 0.220 e. The summed E-state index contributed by atoms with van der Waals surface area (Å²) in [6.07, 6.45) is 13.3. The molecule has 3 rings (SSSR count). The molecule has 4 nitrogen and oxygen atoms in total. The Morgan fingerprint density at radius 3 is 1.73 bits per heavy atom. The molecule has 1 heterocycles. The molecular formula is C22H42N2O2. The molecule has 0 bridgehead atoms. The van der Waals surface area contributed by atoms with Crippen LogP contribution in [0, 0.1) is 17.3 Å². The van der Waals surface area contributed by atoms with Gasteiger partial charge in [-0.2, -0.15) is 0 Å². The Morgan fingerprint density at radius 1 is 0.846 bits per heavy atom. The van der Waals surface area contributed by atoms with Crippen LogP contribution in [0.1, 0.15) is 91.4 Å². The molecule has 152 valence electrons. The minimum atomic E-state index is -0.0854. The maximum Gasteiger partial charge on any atom is 0.220 e. The highest BCUT2D eigenvalue weighted by Crippen LogP contribution is 2.45. The van der Waals surface area contributed by atoms with Gasteiger partial charge in [-0.25, -0.2) is 0 Å². The van der Waals surface area contributed by atoms with E-state index in [1.165, 1.54) is 58.0 Å². The Morgan fingerprint density at radius 2 is 1.35 bits per heavy atom. The maximum atomic E-state index is 11.1. The van der Waals surface area contributed by atoms with Crippen LogP contribution < -0.4 is 5.73 Å². The van der Waals surface area contributed by atoms with Gasteiger partial charge in [0.05, 0.1) is 0 Å². The zero-order valence-corrected chi connectivity index (χ0v) is 17.7. The minimum absolute atomic E-state index is 0.0854. The van der Waals surface area contributed by atoms with Crippen molar-refractivity contribution in [3.63, 3.8) is 0 Å². The second-order valence-corrected chi connectivity index (χ2v) is 8.43. The molecule has 0 aromatic heterocycles. The highest BCUT2D eigenvalue weighted by atomic mass is 16.1. The van der Waals surface area contributed by atoms with E-state index in [1.807, 2.05) is 13.8 Å². The number of rotatable bonds is 2.